The van der Waals surface area contributed by atoms with E-state index in [0.717, 1.165) is 18.4 Å². The van der Waals surface area contributed by atoms with Crippen molar-refractivity contribution in [1.29, 1.82) is 0 Å². The molecule has 0 saturated heterocycles. The van der Waals surface area contributed by atoms with Crippen molar-refractivity contribution in [3.8, 4) is 0 Å². The van der Waals surface area contributed by atoms with E-state index in [-0.39, 0.29) is 11.8 Å². The Balaban J connectivity index is 1.47. The van der Waals surface area contributed by atoms with Crippen LogP contribution in [0.3, 0.4) is 0 Å². The van der Waals surface area contributed by atoms with Gasteiger partial charge >= 0.3 is 0 Å². The summed E-state index contributed by atoms with van der Waals surface area (Å²) >= 11 is 0. The second kappa shape index (κ2) is 8.11. The van der Waals surface area contributed by atoms with Crippen molar-refractivity contribution in [3.63, 3.8) is 0 Å². The third-order valence-corrected chi connectivity index (χ3v) is 3.89. The molecule has 0 unspecified atom stereocenters. The van der Waals surface area contributed by atoms with Crippen molar-refractivity contribution in [2.75, 3.05) is 5.32 Å². The molecule has 2 aromatic rings. The molecule has 2 aromatic carbocycles. The van der Waals surface area contributed by atoms with E-state index in [4.69, 9.17) is 0 Å². The molecule has 1 aliphatic rings. The number of carbonyl (C=O) groups is 3. The summed E-state index contributed by atoms with van der Waals surface area (Å²) in [7, 11) is 0. The summed E-state index contributed by atoms with van der Waals surface area (Å²) in [5.41, 5.74) is 6.58. The largest absolute Gasteiger partial charge is 0.326 e. The molecular formula is C20H19N3O3. The molecular weight excluding hydrogens is 330 g/mol. The molecule has 1 aliphatic carbocycles. The first-order valence-electron chi connectivity index (χ1n) is 8.36. The number of rotatable bonds is 5. The summed E-state index contributed by atoms with van der Waals surface area (Å²) in [5.74, 6) is -0.737. The molecule has 1 fully saturated rings. The summed E-state index contributed by atoms with van der Waals surface area (Å²) < 4.78 is 0. The van der Waals surface area contributed by atoms with Crippen LogP contribution in [0, 0.1) is 5.92 Å². The summed E-state index contributed by atoms with van der Waals surface area (Å²) in [6.45, 7) is 0. The maximum Gasteiger partial charge on any atom is 0.269 e. The van der Waals surface area contributed by atoms with E-state index in [1.165, 1.54) is 6.08 Å². The zero-order chi connectivity index (χ0) is 18.4. The summed E-state index contributed by atoms with van der Waals surface area (Å²) in [6, 6.07) is 15.9. The smallest absolute Gasteiger partial charge is 0.269 e. The molecule has 3 rings (SSSR count). The number of carbonyl (C=O) groups excluding carboxylic acids is 3. The molecule has 0 bridgehead atoms. The van der Waals surface area contributed by atoms with Gasteiger partial charge in [-0.2, -0.15) is 0 Å². The van der Waals surface area contributed by atoms with E-state index in [0.29, 0.717) is 11.3 Å². The number of anilines is 1. The first-order valence-corrected chi connectivity index (χ1v) is 8.36. The Bertz CT molecular complexity index is 825. The standard InChI is InChI=1S/C20H19N3O3/c24-18(13-6-14-4-2-1-3-5-14)22-23-20(26)16-9-11-17(12-10-16)21-19(25)15-7-8-15/h1-6,9-13,15H,7-8H2,(H,21,25)(H,22,24)(H,23,26). The van der Waals surface area contributed by atoms with E-state index in [1.54, 1.807) is 30.3 Å². The first kappa shape index (κ1) is 17.4. The summed E-state index contributed by atoms with van der Waals surface area (Å²) in [4.78, 5) is 35.5. The number of hydrogen-bond acceptors (Lipinski definition) is 3. The molecule has 26 heavy (non-hydrogen) atoms. The average Bonchev–Trinajstić information content (AvgIpc) is 3.51. The molecule has 132 valence electrons. The van der Waals surface area contributed by atoms with Gasteiger partial charge in [0.2, 0.25) is 5.91 Å². The Labute approximate surface area is 151 Å². The molecule has 1 saturated carbocycles. The summed E-state index contributed by atoms with van der Waals surface area (Å²) in [5, 5.41) is 2.80. The van der Waals surface area contributed by atoms with Gasteiger partial charge in [-0.15, -0.1) is 0 Å². The van der Waals surface area contributed by atoms with Crippen LogP contribution in [0.1, 0.15) is 28.8 Å². The normalized spacial score (nSPS) is 13.2. The van der Waals surface area contributed by atoms with Gasteiger partial charge in [0.15, 0.2) is 0 Å². The molecule has 0 heterocycles. The Hall–Kier alpha value is -3.41. The topological polar surface area (TPSA) is 87.3 Å². The van der Waals surface area contributed by atoms with Gasteiger partial charge in [0.25, 0.3) is 11.8 Å². The predicted octanol–water partition coefficient (Wildman–Crippen LogP) is 2.51. The molecule has 0 aromatic heterocycles. The van der Waals surface area contributed by atoms with Gasteiger partial charge in [-0.25, -0.2) is 0 Å². The van der Waals surface area contributed by atoms with Crippen molar-refractivity contribution in [2.45, 2.75) is 12.8 Å². The SMILES string of the molecule is O=C(C=Cc1ccccc1)NNC(=O)c1ccc(NC(=O)C2CC2)cc1. The van der Waals surface area contributed by atoms with E-state index < -0.39 is 11.8 Å². The average molecular weight is 349 g/mol. The van der Waals surface area contributed by atoms with Crippen LogP contribution in [0.4, 0.5) is 5.69 Å². The number of hydrogen-bond donors (Lipinski definition) is 3. The molecule has 0 spiro atoms. The van der Waals surface area contributed by atoms with Gasteiger partial charge in [-0.05, 0) is 48.7 Å². The molecule has 3 N–H and O–H groups in total. The zero-order valence-corrected chi connectivity index (χ0v) is 14.1. The van der Waals surface area contributed by atoms with E-state index in [9.17, 15) is 14.4 Å². The van der Waals surface area contributed by atoms with Crippen LogP contribution < -0.4 is 16.2 Å². The van der Waals surface area contributed by atoms with Crippen LogP contribution in [0.15, 0.2) is 60.7 Å². The fraction of sp³-hybridized carbons (Fsp3) is 0.150. The molecule has 6 nitrogen and oxygen atoms in total. The lowest BCUT2D eigenvalue weighted by Crippen LogP contribution is -2.40. The van der Waals surface area contributed by atoms with Crippen LogP contribution >= 0.6 is 0 Å². The van der Waals surface area contributed by atoms with Crippen molar-refractivity contribution >= 4 is 29.5 Å². The highest BCUT2D eigenvalue weighted by atomic mass is 16.2. The number of nitrogens with one attached hydrogen (secondary N) is 3. The van der Waals surface area contributed by atoms with Crippen LogP contribution in [0.5, 0.6) is 0 Å². The van der Waals surface area contributed by atoms with Gasteiger partial charge in [-0.3, -0.25) is 25.2 Å². The Morgan fingerprint density at radius 3 is 2.23 bits per heavy atom. The minimum Gasteiger partial charge on any atom is -0.326 e. The monoisotopic (exact) mass is 349 g/mol. The van der Waals surface area contributed by atoms with Gasteiger partial charge in [0.1, 0.15) is 0 Å². The van der Waals surface area contributed by atoms with Crippen LogP contribution in [-0.2, 0) is 9.59 Å². The third kappa shape index (κ3) is 5.04. The fourth-order valence-electron chi connectivity index (χ4n) is 2.26. The van der Waals surface area contributed by atoms with Crippen LogP contribution in [0.2, 0.25) is 0 Å². The highest BCUT2D eigenvalue weighted by Gasteiger charge is 2.29. The van der Waals surface area contributed by atoms with Crippen molar-refractivity contribution in [2.24, 2.45) is 5.92 Å². The van der Waals surface area contributed by atoms with Gasteiger partial charge in [0.05, 0.1) is 0 Å². The Morgan fingerprint density at radius 1 is 0.885 bits per heavy atom. The van der Waals surface area contributed by atoms with Crippen LogP contribution in [-0.4, -0.2) is 17.7 Å². The molecule has 0 aliphatic heterocycles. The van der Waals surface area contributed by atoms with Gasteiger partial charge in [-0.1, -0.05) is 30.3 Å². The van der Waals surface area contributed by atoms with Gasteiger partial charge in [0, 0.05) is 23.2 Å². The van der Waals surface area contributed by atoms with Crippen molar-refractivity contribution in [1.82, 2.24) is 10.9 Å². The lowest BCUT2D eigenvalue weighted by Gasteiger charge is -2.07. The molecule has 3 amide bonds. The predicted molar refractivity (Wildman–Crippen MR) is 98.9 cm³/mol. The minimum absolute atomic E-state index is 0.0136. The first-order chi connectivity index (χ1) is 12.6. The van der Waals surface area contributed by atoms with Crippen molar-refractivity contribution < 1.29 is 14.4 Å². The molecule has 0 radical (unpaired) electrons. The second-order valence-corrected chi connectivity index (χ2v) is 6.03. The number of amides is 3. The highest BCUT2D eigenvalue weighted by Crippen LogP contribution is 2.30. The lowest BCUT2D eigenvalue weighted by atomic mass is 10.2. The van der Waals surface area contributed by atoms with Crippen LogP contribution in [0.25, 0.3) is 6.08 Å². The molecule has 6 heteroatoms. The Morgan fingerprint density at radius 2 is 1.58 bits per heavy atom. The van der Waals surface area contributed by atoms with Crippen molar-refractivity contribution in [3.05, 3.63) is 71.8 Å². The van der Waals surface area contributed by atoms with E-state index in [2.05, 4.69) is 16.2 Å². The van der Waals surface area contributed by atoms with Gasteiger partial charge < -0.3 is 5.32 Å². The Kier molecular flexibility index (Phi) is 5.43. The fourth-order valence-corrected chi connectivity index (χ4v) is 2.26. The maximum absolute atomic E-state index is 12.0. The minimum atomic E-state index is -0.438. The van der Waals surface area contributed by atoms with E-state index >= 15 is 0 Å². The highest BCUT2D eigenvalue weighted by molar-refractivity contribution is 5.99. The summed E-state index contributed by atoms with van der Waals surface area (Å²) in [6.07, 6.45) is 4.86. The zero-order valence-electron chi connectivity index (χ0n) is 14.1. The quantitative estimate of drug-likeness (QED) is 0.572. The maximum atomic E-state index is 12.0. The third-order valence-electron chi connectivity index (χ3n) is 3.89. The van der Waals surface area contributed by atoms with E-state index in [1.807, 2.05) is 30.3 Å². The lowest BCUT2D eigenvalue weighted by molar-refractivity contribution is -0.118. The number of benzene rings is 2. The molecule has 0 atom stereocenters. The number of hydrazine groups is 1. The second-order valence-electron chi connectivity index (χ2n) is 6.03.